The Balaban J connectivity index is 1.11. The molecule has 0 aliphatic carbocycles. The lowest BCUT2D eigenvalue weighted by Gasteiger charge is -2.40. The maximum Gasteiger partial charge on any atom is 0.257 e. The average Bonchev–Trinajstić information content (AvgIpc) is 3.46. The molecule has 44 heavy (non-hydrogen) atoms. The highest BCUT2D eigenvalue weighted by molar-refractivity contribution is 7.99. The quantitative estimate of drug-likeness (QED) is 0.154. The number of nitrogens with zero attached hydrogens (tertiary/aromatic N) is 5. The zero-order valence-corrected chi connectivity index (χ0v) is 26.3. The van der Waals surface area contributed by atoms with Crippen LogP contribution in [0.1, 0.15) is 47.9 Å². The van der Waals surface area contributed by atoms with Gasteiger partial charge in [0.05, 0.1) is 19.8 Å². The average molecular weight is 614 g/mol. The molecule has 1 aliphatic heterocycles. The summed E-state index contributed by atoms with van der Waals surface area (Å²) in [6.45, 7) is 3.50. The van der Waals surface area contributed by atoms with Crippen LogP contribution in [-0.2, 0) is 11.2 Å². The standard InChI is InChI=1S/C34H39N5O4S/c1-25-24-37(19-20-38(25)33(41)29-18-17-28(42-2)23-30(29)43-3)32(40)16-10-11-21-44-34-36-35-31(22-26-12-6-4-7-13-26)39(34)27-14-8-5-9-15-27/h4-9,12-15,17-18,23,25H,10-11,16,19-22,24H2,1-3H3. The van der Waals surface area contributed by atoms with E-state index in [-0.39, 0.29) is 17.9 Å². The number of amides is 2. The summed E-state index contributed by atoms with van der Waals surface area (Å²) in [6, 6.07) is 25.6. The first-order chi connectivity index (χ1) is 21.5. The first kappa shape index (κ1) is 31.1. The summed E-state index contributed by atoms with van der Waals surface area (Å²) >= 11 is 1.67. The Morgan fingerprint density at radius 3 is 2.36 bits per heavy atom. The number of benzene rings is 3. The predicted octanol–water partition coefficient (Wildman–Crippen LogP) is 5.51. The molecule has 9 nitrogen and oxygen atoms in total. The van der Waals surface area contributed by atoms with Crippen LogP contribution in [0, 0.1) is 0 Å². The molecular weight excluding hydrogens is 574 g/mol. The molecule has 0 N–H and O–H groups in total. The Kier molecular flexibility index (Phi) is 10.6. The molecule has 1 aromatic heterocycles. The number of unbranched alkanes of at least 4 members (excludes halogenated alkanes) is 1. The summed E-state index contributed by atoms with van der Waals surface area (Å²) in [5, 5.41) is 9.91. The van der Waals surface area contributed by atoms with Crippen LogP contribution in [0.25, 0.3) is 5.69 Å². The normalized spacial score (nSPS) is 14.8. The molecule has 5 rings (SSSR count). The van der Waals surface area contributed by atoms with Crippen molar-refractivity contribution in [2.75, 3.05) is 39.6 Å². The molecule has 0 spiro atoms. The van der Waals surface area contributed by atoms with E-state index in [0.29, 0.717) is 49.5 Å². The molecule has 1 saturated heterocycles. The maximum absolute atomic E-state index is 13.3. The lowest BCUT2D eigenvalue weighted by atomic mass is 10.1. The number of hydrogen-bond acceptors (Lipinski definition) is 7. The van der Waals surface area contributed by atoms with Gasteiger partial charge >= 0.3 is 0 Å². The van der Waals surface area contributed by atoms with Gasteiger partial charge in [0.2, 0.25) is 5.91 Å². The molecule has 10 heteroatoms. The van der Waals surface area contributed by atoms with Crippen LogP contribution >= 0.6 is 11.8 Å². The van der Waals surface area contributed by atoms with E-state index in [1.807, 2.05) is 53.1 Å². The van der Waals surface area contributed by atoms with E-state index < -0.39 is 0 Å². The smallest absolute Gasteiger partial charge is 0.257 e. The molecular formula is C34H39N5O4S. The molecule has 4 aromatic rings. The molecule has 3 aromatic carbocycles. The minimum atomic E-state index is -0.101. The zero-order chi connectivity index (χ0) is 30.9. The summed E-state index contributed by atoms with van der Waals surface area (Å²) in [5.41, 5.74) is 2.72. The highest BCUT2D eigenvalue weighted by Gasteiger charge is 2.31. The number of thioether (sulfide) groups is 1. The van der Waals surface area contributed by atoms with Crippen molar-refractivity contribution in [3.63, 3.8) is 0 Å². The largest absolute Gasteiger partial charge is 0.497 e. The van der Waals surface area contributed by atoms with E-state index in [4.69, 9.17) is 9.47 Å². The van der Waals surface area contributed by atoms with Crippen molar-refractivity contribution in [1.82, 2.24) is 24.6 Å². The van der Waals surface area contributed by atoms with Crippen molar-refractivity contribution >= 4 is 23.6 Å². The van der Waals surface area contributed by atoms with Crippen molar-refractivity contribution in [3.8, 4) is 17.2 Å². The van der Waals surface area contributed by atoms with Gasteiger partial charge in [-0.15, -0.1) is 10.2 Å². The molecule has 2 heterocycles. The number of aromatic nitrogens is 3. The van der Waals surface area contributed by atoms with Gasteiger partial charge in [-0.05, 0) is 49.6 Å². The first-order valence-corrected chi connectivity index (χ1v) is 15.9. The summed E-state index contributed by atoms with van der Waals surface area (Å²) in [6.07, 6.45) is 2.86. The third-order valence-electron chi connectivity index (χ3n) is 7.82. The van der Waals surface area contributed by atoms with Gasteiger partial charge in [0.1, 0.15) is 17.3 Å². The van der Waals surface area contributed by atoms with Crippen molar-refractivity contribution < 1.29 is 19.1 Å². The number of carbonyl (C=O) groups is 2. The number of carbonyl (C=O) groups excluding carboxylic acids is 2. The van der Waals surface area contributed by atoms with E-state index in [1.54, 1.807) is 44.2 Å². The van der Waals surface area contributed by atoms with Gasteiger partial charge in [-0.2, -0.15) is 0 Å². The summed E-state index contributed by atoms with van der Waals surface area (Å²) < 4.78 is 12.8. The van der Waals surface area contributed by atoms with E-state index in [1.165, 1.54) is 5.56 Å². The highest BCUT2D eigenvalue weighted by atomic mass is 32.2. The van der Waals surface area contributed by atoms with Gasteiger partial charge in [-0.3, -0.25) is 14.2 Å². The third kappa shape index (κ3) is 7.42. The van der Waals surface area contributed by atoms with Crippen LogP contribution in [0.15, 0.2) is 84.0 Å². The molecule has 1 atom stereocenters. The Labute approximate surface area is 263 Å². The Morgan fingerprint density at radius 1 is 0.909 bits per heavy atom. The van der Waals surface area contributed by atoms with Gasteiger partial charge in [0, 0.05) is 56.0 Å². The number of ether oxygens (including phenoxy) is 2. The summed E-state index contributed by atoms with van der Waals surface area (Å²) in [5.74, 6) is 2.88. The second-order valence-corrected chi connectivity index (χ2v) is 11.9. The fraction of sp³-hybridized carbons (Fsp3) is 0.353. The van der Waals surface area contributed by atoms with E-state index >= 15 is 0 Å². The lowest BCUT2D eigenvalue weighted by molar-refractivity contribution is -0.133. The summed E-state index contributed by atoms with van der Waals surface area (Å²) in [4.78, 5) is 30.1. The van der Waals surface area contributed by atoms with Crippen LogP contribution in [-0.4, -0.2) is 82.0 Å². The second kappa shape index (κ2) is 14.9. The van der Waals surface area contributed by atoms with Gasteiger partial charge in [-0.1, -0.05) is 60.3 Å². The molecule has 0 bridgehead atoms. The number of piperazine rings is 1. The van der Waals surface area contributed by atoms with Crippen LogP contribution in [0.3, 0.4) is 0 Å². The van der Waals surface area contributed by atoms with E-state index in [9.17, 15) is 9.59 Å². The maximum atomic E-state index is 13.3. The fourth-order valence-electron chi connectivity index (χ4n) is 5.44. The number of hydrogen-bond donors (Lipinski definition) is 0. The molecule has 0 radical (unpaired) electrons. The van der Waals surface area contributed by atoms with Gasteiger partial charge in [0.25, 0.3) is 5.91 Å². The van der Waals surface area contributed by atoms with Crippen LogP contribution < -0.4 is 9.47 Å². The Bertz CT molecular complexity index is 1550. The topological polar surface area (TPSA) is 89.8 Å². The molecule has 1 unspecified atom stereocenters. The van der Waals surface area contributed by atoms with Crippen molar-refractivity contribution in [1.29, 1.82) is 0 Å². The lowest BCUT2D eigenvalue weighted by Crippen LogP contribution is -2.55. The molecule has 0 saturated carbocycles. The number of rotatable bonds is 12. The SMILES string of the molecule is COc1ccc(C(=O)N2CCN(C(=O)CCCCSc3nnc(Cc4ccccc4)n3-c3ccccc3)CC2C)c(OC)c1. The van der Waals surface area contributed by atoms with Crippen molar-refractivity contribution in [2.45, 2.75) is 43.8 Å². The van der Waals surface area contributed by atoms with Crippen LogP contribution in [0.4, 0.5) is 0 Å². The Morgan fingerprint density at radius 2 is 1.66 bits per heavy atom. The minimum Gasteiger partial charge on any atom is -0.497 e. The Hall–Kier alpha value is -4.31. The molecule has 230 valence electrons. The fourth-order valence-corrected chi connectivity index (χ4v) is 6.41. The monoisotopic (exact) mass is 613 g/mol. The van der Waals surface area contributed by atoms with Gasteiger partial charge in [-0.25, -0.2) is 0 Å². The van der Waals surface area contributed by atoms with E-state index in [0.717, 1.165) is 35.3 Å². The van der Waals surface area contributed by atoms with Gasteiger partial charge < -0.3 is 19.3 Å². The minimum absolute atomic E-state index is 0.100. The molecule has 1 aliphatic rings. The van der Waals surface area contributed by atoms with Crippen molar-refractivity contribution in [3.05, 3.63) is 95.8 Å². The highest BCUT2D eigenvalue weighted by Crippen LogP contribution is 2.28. The summed E-state index contributed by atoms with van der Waals surface area (Å²) in [7, 11) is 3.12. The zero-order valence-electron chi connectivity index (χ0n) is 25.5. The first-order valence-electron chi connectivity index (χ1n) is 15.0. The van der Waals surface area contributed by atoms with Crippen molar-refractivity contribution in [2.24, 2.45) is 0 Å². The predicted molar refractivity (Wildman–Crippen MR) is 172 cm³/mol. The third-order valence-corrected chi connectivity index (χ3v) is 8.83. The second-order valence-electron chi connectivity index (χ2n) is 10.8. The van der Waals surface area contributed by atoms with E-state index in [2.05, 4.69) is 39.0 Å². The van der Waals surface area contributed by atoms with Gasteiger partial charge in [0.15, 0.2) is 5.16 Å². The molecule has 2 amide bonds. The van der Waals surface area contributed by atoms with Crippen LogP contribution in [0.5, 0.6) is 11.5 Å². The number of methoxy groups -OCH3 is 2. The molecule has 1 fully saturated rings. The van der Waals surface area contributed by atoms with Crippen LogP contribution in [0.2, 0.25) is 0 Å². The number of para-hydroxylation sites is 1.